The van der Waals surface area contributed by atoms with Crippen LogP contribution in [-0.4, -0.2) is 10.5 Å². The van der Waals surface area contributed by atoms with E-state index in [-0.39, 0.29) is 11.7 Å². The Kier molecular flexibility index (Phi) is 4.88. The largest absolute Gasteiger partial charge is 0.319 e. The van der Waals surface area contributed by atoms with E-state index < -0.39 is 0 Å². The van der Waals surface area contributed by atoms with Gasteiger partial charge in [0.2, 0.25) is 0 Å². The molecule has 0 aliphatic heterocycles. The van der Waals surface area contributed by atoms with Gasteiger partial charge in [0.05, 0.1) is 16.3 Å². The first-order valence-electron chi connectivity index (χ1n) is 7.64. The van der Waals surface area contributed by atoms with Crippen molar-refractivity contribution in [1.29, 1.82) is 0 Å². The summed E-state index contributed by atoms with van der Waals surface area (Å²) in [5.74, 6) is -0.666. The van der Waals surface area contributed by atoms with Crippen LogP contribution in [0.3, 0.4) is 0 Å². The quantitative estimate of drug-likeness (QED) is 0.628. The van der Waals surface area contributed by atoms with Crippen LogP contribution in [0.25, 0.3) is 11.3 Å². The fraction of sp³-hybridized carbons (Fsp3) is 0.158. The number of hydrogen-bond donors (Lipinski definition) is 0. The topological polar surface area (TPSA) is 34.4 Å². The van der Waals surface area contributed by atoms with Crippen molar-refractivity contribution in [3.05, 3.63) is 74.1 Å². The number of amides is 1. The molecule has 0 spiro atoms. The summed E-state index contributed by atoms with van der Waals surface area (Å²) in [5.41, 5.74) is 3.14. The third-order valence-corrected chi connectivity index (χ3v) is 5.23. The van der Waals surface area contributed by atoms with Crippen molar-refractivity contribution in [2.24, 2.45) is 12.0 Å². The van der Waals surface area contributed by atoms with E-state index in [0.29, 0.717) is 15.4 Å². The number of halogens is 2. The molecule has 25 heavy (non-hydrogen) atoms. The van der Waals surface area contributed by atoms with Crippen molar-refractivity contribution in [2.45, 2.75) is 13.8 Å². The summed E-state index contributed by atoms with van der Waals surface area (Å²) >= 11 is 7.57. The Morgan fingerprint density at radius 2 is 1.84 bits per heavy atom. The van der Waals surface area contributed by atoms with E-state index in [1.54, 1.807) is 24.3 Å². The van der Waals surface area contributed by atoms with Crippen LogP contribution in [-0.2, 0) is 7.05 Å². The minimum atomic E-state index is -0.382. The minimum absolute atomic E-state index is 0.284. The number of aromatic nitrogens is 1. The van der Waals surface area contributed by atoms with Gasteiger partial charge in [-0.2, -0.15) is 4.99 Å². The Bertz CT molecular complexity index is 1020. The number of carbonyl (C=O) groups excluding carboxylic acids is 1. The maximum atomic E-state index is 13.2. The normalized spacial score (nSPS) is 11.8. The zero-order chi connectivity index (χ0) is 18.1. The molecule has 3 aromatic rings. The zero-order valence-electron chi connectivity index (χ0n) is 14.0. The van der Waals surface area contributed by atoms with Crippen LogP contribution < -0.4 is 4.80 Å². The lowest BCUT2D eigenvalue weighted by Gasteiger charge is -2.04. The van der Waals surface area contributed by atoms with E-state index in [4.69, 9.17) is 11.6 Å². The standard InChI is InChI=1S/C19H16ClFN2OS/c1-11-4-9-15(16(20)10-11)18(24)22-19-23(3)17(12(2)25-19)13-5-7-14(21)8-6-13/h4-10H,1-3H3. The van der Waals surface area contributed by atoms with Gasteiger partial charge in [0.25, 0.3) is 5.91 Å². The first-order valence-corrected chi connectivity index (χ1v) is 8.84. The van der Waals surface area contributed by atoms with Crippen molar-refractivity contribution in [3.8, 4) is 11.3 Å². The van der Waals surface area contributed by atoms with Gasteiger partial charge < -0.3 is 4.57 Å². The molecule has 0 aliphatic rings. The predicted octanol–water partition coefficient (Wildman–Crippen LogP) is 4.90. The predicted molar refractivity (Wildman–Crippen MR) is 99.5 cm³/mol. The smallest absolute Gasteiger partial charge is 0.281 e. The number of aryl methyl sites for hydroxylation is 2. The lowest BCUT2D eigenvalue weighted by molar-refractivity contribution is 0.0998. The number of benzene rings is 2. The molecule has 1 amide bonds. The van der Waals surface area contributed by atoms with E-state index in [2.05, 4.69) is 4.99 Å². The van der Waals surface area contributed by atoms with Crippen LogP contribution in [0.15, 0.2) is 47.5 Å². The van der Waals surface area contributed by atoms with Gasteiger partial charge in [-0.1, -0.05) is 17.7 Å². The first kappa shape index (κ1) is 17.6. The molecule has 0 N–H and O–H groups in total. The highest BCUT2D eigenvalue weighted by molar-refractivity contribution is 7.09. The number of rotatable bonds is 2. The Balaban J connectivity index is 2.06. The van der Waals surface area contributed by atoms with Crippen LogP contribution in [0.4, 0.5) is 4.39 Å². The average Bonchev–Trinajstić information content (AvgIpc) is 2.82. The third-order valence-electron chi connectivity index (χ3n) is 3.87. The molecule has 0 bridgehead atoms. The highest BCUT2D eigenvalue weighted by atomic mass is 35.5. The molecule has 128 valence electrons. The van der Waals surface area contributed by atoms with E-state index in [9.17, 15) is 9.18 Å². The van der Waals surface area contributed by atoms with E-state index in [1.807, 2.05) is 31.5 Å². The molecule has 6 heteroatoms. The van der Waals surface area contributed by atoms with Crippen LogP contribution in [0.2, 0.25) is 5.02 Å². The van der Waals surface area contributed by atoms with Crippen LogP contribution in [0.1, 0.15) is 20.8 Å². The van der Waals surface area contributed by atoms with Crippen molar-refractivity contribution in [2.75, 3.05) is 0 Å². The molecule has 0 saturated heterocycles. The molecule has 1 aromatic heterocycles. The molecular formula is C19H16ClFN2OS. The monoisotopic (exact) mass is 374 g/mol. The van der Waals surface area contributed by atoms with Crippen molar-refractivity contribution in [3.63, 3.8) is 0 Å². The molecule has 0 saturated carbocycles. The van der Waals surface area contributed by atoms with E-state index >= 15 is 0 Å². The summed E-state index contributed by atoms with van der Waals surface area (Å²) < 4.78 is 15.0. The molecular weight excluding hydrogens is 359 g/mol. The second kappa shape index (κ2) is 6.94. The van der Waals surface area contributed by atoms with Gasteiger partial charge in [-0.05, 0) is 61.4 Å². The summed E-state index contributed by atoms with van der Waals surface area (Å²) in [5, 5.41) is 0.392. The average molecular weight is 375 g/mol. The van der Waals surface area contributed by atoms with E-state index in [1.165, 1.54) is 23.5 Å². The first-order chi connectivity index (χ1) is 11.9. The van der Waals surface area contributed by atoms with Crippen molar-refractivity contribution in [1.82, 2.24) is 4.57 Å². The van der Waals surface area contributed by atoms with Gasteiger partial charge in [0.1, 0.15) is 5.82 Å². The van der Waals surface area contributed by atoms with Crippen molar-refractivity contribution >= 4 is 28.8 Å². The minimum Gasteiger partial charge on any atom is -0.319 e. The van der Waals surface area contributed by atoms with Crippen molar-refractivity contribution < 1.29 is 9.18 Å². The summed E-state index contributed by atoms with van der Waals surface area (Å²) in [6.45, 7) is 3.86. The maximum Gasteiger partial charge on any atom is 0.281 e. The zero-order valence-corrected chi connectivity index (χ0v) is 15.6. The lowest BCUT2D eigenvalue weighted by atomic mass is 10.1. The van der Waals surface area contributed by atoms with Gasteiger partial charge >= 0.3 is 0 Å². The van der Waals surface area contributed by atoms with Gasteiger partial charge in [0, 0.05) is 11.9 Å². The van der Waals surface area contributed by atoms with Crippen LogP contribution >= 0.6 is 22.9 Å². The van der Waals surface area contributed by atoms with Crippen LogP contribution in [0, 0.1) is 19.7 Å². The van der Waals surface area contributed by atoms with Gasteiger partial charge in [-0.15, -0.1) is 11.3 Å². The molecule has 0 atom stereocenters. The molecule has 2 aromatic carbocycles. The lowest BCUT2D eigenvalue weighted by Crippen LogP contribution is -2.14. The van der Waals surface area contributed by atoms with Gasteiger partial charge in [-0.25, -0.2) is 4.39 Å². The molecule has 3 rings (SSSR count). The van der Waals surface area contributed by atoms with Crippen LogP contribution in [0.5, 0.6) is 0 Å². The van der Waals surface area contributed by atoms with E-state index in [0.717, 1.165) is 21.7 Å². The second-order valence-corrected chi connectivity index (χ2v) is 7.34. The molecule has 0 fully saturated rings. The summed E-state index contributed by atoms with van der Waals surface area (Å²) in [4.78, 5) is 18.3. The maximum absolute atomic E-state index is 13.2. The van der Waals surface area contributed by atoms with Gasteiger partial charge in [0.15, 0.2) is 4.80 Å². The third kappa shape index (κ3) is 3.57. The Labute approximate surface area is 154 Å². The fourth-order valence-electron chi connectivity index (χ4n) is 2.63. The fourth-order valence-corrected chi connectivity index (χ4v) is 3.93. The second-order valence-electron chi connectivity index (χ2n) is 5.76. The molecule has 0 aliphatic carbocycles. The number of hydrogen-bond acceptors (Lipinski definition) is 2. The van der Waals surface area contributed by atoms with Gasteiger partial charge in [-0.3, -0.25) is 4.79 Å². The molecule has 0 radical (unpaired) electrons. The number of carbonyl (C=O) groups is 1. The molecule has 1 heterocycles. The molecule has 0 unspecified atom stereocenters. The highest BCUT2D eigenvalue weighted by Gasteiger charge is 2.13. The number of nitrogens with zero attached hydrogens (tertiary/aromatic N) is 2. The Morgan fingerprint density at radius 3 is 2.48 bits per heavy atom. The number of thiazole rings is 1. The highest BCUT2D eigenvalue weighted by Crippen LogP contribution is 2.25. The summed E-state index contributed by atoms with van der Waals surface area (Å²) in [7, 11) is 1.84. The Morgan fingerprint density at radius 1 is 1.16 bits per heavy atom. The Hall–Kier alpha value is -2.24. The SMILES string of the molecule is Cc1ccc(C(=O)N=c2sc(C)c(-c3ccc(F)cc3)n2C)c(Cl)c1. The summed E-state index contributed by atoms with van der Waals surface area (Å²) in [6, 6.07) is 11.5. The molecule has 3 nitrogen and oxygen atoms in total. The summed E-state index contributed by atoms with van der Waals surface area (Å²) in [6.07, 6.45) is 0.